The van der Waals surface area contributed by atoms with Gasteiger partial charge in [-0.25, -0.2) is 9.97 Å². The molecule has 2 aromatic rings. The minimum Gasteiger partial charge on any atom is -0.237 e. The van der Waals surface area contributed by atoms with Gasteiger partial charge in [-0.2, -0.15) is 5.26 Å². The molecule has 0 aliphatic carbocycles. The fourth-order valence-corrected chi connectivity index (χ4v) is 1.28. The Morgan fingerprint density at radius 3 is 2.47 bits per heavy atom. The van der Waals surface area contributed by atoms with Gasteiger partial charge in [-0.1, -0.05) is 0 Å². The van der Waals surface area contributed by atoms with Gasteiger partial charge in [-0.05, 0) is 37.3 Å². The van der Waals surface area contributed by atoms with Gasteiger partial charge in [0.25, 0.3) is 0 Å². The summed E-state index contributed by atoms with van der Waals surface area (Å²) in [6.07, 6.45) is 1.73. The molecule has 1 aromatic carbocycles. The Hall–Kier alpha value is -2.21. The zero-order valence-corrected chi connectivity index (χ0v) is 8.31. The molecule has 72 valence electrons. The number of hydrogen-bond acceptors (Lipinski definition) is 3. The molecular weight excluding hydrogens is 186 g/mol. The molecule has 0 bridgehead atoms. The third-order valence-corrected chi connectivity index (χ3v) is 2.07. The fraction of sp³-hybridized carbons (Fsp3) is 0.0833. The van der Waals surface area contributed by atoms with Crippen molar-refractivity contribution in [3.8, 4) is 17.5 Å². The zero-order chi connectivity index (χ0) is 10.7. The van der Waals surface area contributed by atoms with Crippen molar-refractivity contribution in [2.45, 2.75) is 6.92 Å². The van der Waals surface area contributed by atoms with Crippen LogP contribution in [0.2, 0.25) is 0 Å². The van der Waals surface area contributed by atoms with Gasteiger partial charge in [0, 0.05) is 17.5 Å². The van der Waals surface area contributed by atoms with Gasteiger partial charge >= 0.3 is 0 Å². The molecule has 0 radical (unpaired) electrons. The van der Waals surface area contributed by atoms with Crippen LogP contribution in [0.3, 0.4) is 0 Å². The number of nitriles is 1. The molecule has 3 heteroatoms. The Kier molecular flexibility index (Phi) is 2.42. The predicted molar refractivity (Wildman–Crippen MR) is 56.9 cm³/mol. The quantitative estimate of drug-likeness (QED) is 0.701. The van der Waals surface area contributed by atoms with E-state index in [9.17, 15) is 0 Å². The van der Waals surface area contributed by atoms with Crippen LogP contribution in [0.5, 0.6) is 0 Å². The van der Waals surface area contributed by atoms with E-state index in [0.29, 0.717) is 11.4 Å². The fourth-order valence-electron chi connectivity index (χ4n) is 1.28. The standard InChI is InChI=1S/C12H9N3/c1-9-6-7-14-12(15-9)11-4-2-10(8-13)3-5-11/h2-7H,1H3. The van der Waals surface area contributed by atoms with E-state index < -0.39 is 0 Å². The highest BCUT2D eigenvalue weighted by molar-refractivity contribution is 5.56. The molecule has 0 amide bonds. The summed E-state index contributed by atoms with van der Waals surface area (Å²) in [5.41, 5.74) is 2.51. The van der Waals surface area contributed by atoms with Crippen LogP contribution in [0, 0.1) is 18.3 Å². The molecule has 0 fully saturated rings. The molecule has 0 unspecified atom stereocenters. The van der Waals surface area contributed by atoms with E-state index in [-0.39, 0.29) is 0 Å². The lowest BCUT2D eigenvalue weighted by atomic mass is 10.1. The highest BCUT2D eigenvalue weighted by Crippen LogP contribution is 2.14. The Balaban J connectivity index is 2.42. The first-order chi connectivity index (χ1) is 7.29. The predicted octanol–water partition coefficient (Wildman–Crippen LogP) is 2.32. The highest BCUT2D eigenvalue weighted by atomic mass is 14.9. The molecule has 0 atom stereocenters. The lowest BCUT2D eigenvalue weighted by Gasteiger charge is -2.00. The van der Waals surface area contributed by atoms with Crippen molar-refractivity contribution in [3.63, 3.8) is 0 Å². The monoisotopic (exact) mass is 195 g/mol. The maximum atomic E-state index is 8.66. The molecule has 0 N–H and O–H groups in total. The van der Waals surface area contributed by atoms with Crippen LogP contribution in [-0.2, 0) is 0 Å². The Morgan fingerprint density at radius 2 is 1.87 bits per heavy atom. The topological polar surface area (TPSA) is 49.6 Å². The number of rotatable bonds is 1. The van der Waals surface area contributed by atoms with E-state index in [0.717, 1.165) is 11.3 Å². The first-order valence-electron chi connectivity index (χ1n) is 4.60. The second-order valence-corrected chi connectivity index (χ2v) is 3.21. The van der Waals surface area contributed by atoms with Crippen LogP contribution >= 0.6 is 0 Å². The van der Waals surface area contributed by atoms with Crippen LogP contribution in [0.1, 0.15) is 11.3 Å². The molecule has 0 aliphatic heterocycles. The second-order valence-electron chi connectivity index (χ2n) is 3.21. The van der Waals surface area contributed by atoms with Crippen molar-refractivity contribution in [2.24, 2.45) is 0 Å². The van der Waals surface area contributed by atoms with Crippen molar-refractivity contribution in [3.05, 3.63) is 47.8 Å². The van der Waals surface area contributed by atoms with Gasteiger partial charge in [0.1, 0.15) is 0 Å². The van der Waals surface area contributed by atoms with E-state index in [1.807, 2.05) is 25.1 Å². The van der Waals surface area contributed by atoms with E-state index in [2.05, 4.69) is 16.0 Å². The minimum absolute atomic E-state index is 0.645. The summed E-state index contributed by atoms with van der Waals surface area (Å²) in [4.78, 5) is 8.48. The van der Waals surface area contributed by atoms with Gasteiger partial charge in [-0.15, -0.1) is 0 Å². The van der Waals surface area contributed by atoms with Gasteiger partial charge in [-0.3, -0.25) is 0 Å². The summed E-state index contributed by atoms with van der Waals surface area (Å²) in [6, 6.07) is 11.2. The second kappa shape index (κ2) is 3.89. The van der Waals surface area contributed by atoms with E-state index in [4.69, 9.17) is 5.26 Å². The normalized spacial score (nSPS) is 9.60. The molecule has 0 saturated heterocycles. The van der Waals surface area contributed by atoms with Crippen molar-refractivity contribution >= 4 is 0 Å². The van der Waals surface area contributed by atoms with Crippen molar-refractivity contribution in [2.75, 3.05) is 0 Å². The maximum Gasteiger partial charge on any atom is 0.159 e. The summed E-state index contributed by atoms with van der Waals surface area (Å²) in [5, 5.41) is 8.66. The van der Waals surface area contributed by atoms with Gasteiger partial charge < -0.3 is 0 Å². The molecular formula is C12H9N3. The summed E-state index contributed by atoms with van der Waals surface area (Å²) < 4.78 is 0. The first-order valence-corrected chi connectivity index (χ1v) is 4.60. The lowest BCUT2D eigenvalue weighted by Crippen LogP contribution is -1.90. The van der Waals surface area contributed by atoms with Gasteiger partial charge in [0.15, 0.2) is 5.82 Å². The third kappa shape index (κ3) is 2.00. The average molecular weight is 195 g/mol. The van der Waals surface area contributed by atoms with Crippen LogP contribution < -0.4 is 0 Å². The van der Waals surface area contributed by atoms with E-state index in [1.165, 1.54) is 0 Å². The number of aryl methyl sites for hydroxylation is 1. The molecule has 3 nitrogen and oxygen atoms in total. The molecule has 0 saturated carbocycles. The summed E-state index contributed by atoms with van der Waals surface area (Å²) in [5.74, 6) is 0.694. The summed E-state index contributed by atoms with van der Waals surface area (Å²) in [6.45, 7) is 1.93. The van der Waals surface area contributed by atoms with Crippen LogP contribution in [0.25, 0.3) is 11.4 Å². The molecule has 1 heterocycles. The van der Waals surface area contributed by atoms with Gasteiger partial charge in [0.05, 0.1) is 11.6 Å². The largest absolute Gasteiger partial charge is 0.237 e. The molecule has 2 rings (SSSR count). The minimum atomic E-state index is 0.645. The highest BCUT2D eigenvalue weighted by Gasteiger charge is 2.00. The smallest absolute Gasteiger partial charge is 0.159 e. The number of benzene rings is 1. The third-order valence-electron chi connectivity index (χ3n) is 2.07. The first kappa shape index (κ1) is 9.35. The van der Waals surface area contributed by atoms with Crippen molar-refractivity contribution in [1.29, 1.82) is 5.26 Å². The summed E-state index contributed by atoms with van der Waals surface area (Å²) >= 11 is 0. The SMILES string of the molecule is Cc1ccnc(-c2ccc(C#N)cc2)n1. The van der Waals surface area contributed by atoms with Gasteiger partial charge in [0.2, 0.25) is 0 Å². The Morgan fingerprint density at radius 1 is 1.13 bits per heavy atom. The molecule has 0 aliphatic rings. The zero-order valence-electron chi connectivity index (χ0n) is 8.31. The lowest BCUT2D eigenvalue weighted by molar-refractivity contribution is 1.11. The van der Waals surface area contributed by atoms with Crippen molar-refractivity contribution < 1.29 is 0 Å². The molecule has 0 spiro atoms. The maximum absolute atomic E-state index is 8.66. The summed E-state index contributed by atoms with van der Waals surface area (Å²) in [7, 11) is 0. The molecule has 1 aromatic heterocycles. The number of nitrogens with zero attached hydrogens (tertiary/aromatic N) is 3. The molecule has 15 heavy (non-hydrogen) atoms. The van der Waals surface area contributed by atoms with Crippen LogP contribution in [0.15, 0.2) is 36.5 Å². The van der Waals surface area contributed by atoms with E-state index >= 15 is 0 Å². The van der Waals surface area contributed by atoms with Crippen LogP contribution in [-0.4, -0.2) is 9.97 Å². The number of aromatic nitrogens is 2. The number of hydrogen-bond donors (Lipinski definition) is 0. The van der Waals surface area contributed by atoms with Crippen LogP contribution in [0.4, 0.5) is 0 Å². The van der Waals surface area contributed by atoms with Crippen molar-refractivity contribution in [1.82, 2.24) is 9.97 Å². The Bertz CT molecular complexity index is 509. The average Bonchev–Trinajstić information content (AvgIpc) is 2.29. The van der Waals surface area contributed by atoms with E-state index in [1.54, 1.807) is 18.3 Å². The Labute approximate surface area is 88.1 Å².